The van der Waals surface area contributed by atoms with Crippen molar-refractivity contribution in [3.63, 3.8) is 0 Å². The van der Waals surface area contributed by atoms with Gasteiger partial charge in [-0.2, -0.15) is 5.10 Å². The molecule has 15 heavy (non-hydrogen) atoms. The minimum Gasteiger partial charge on any atom is -0.396 e. The Kier molecular flexibility index (Phi) is 2.55. The van der Waals surface area contributed by atoms with Crippen LogP contribution in [0.2, 0.25) is 0 Å². The van der Waals surface area contributed by atoms with Crippen LogP contribution in [0, 0.1) is 5.82 Å². The highest BCUT2D eigenvalue weighted by Gasteiger charge is 2.06. The van der Waals surface area contributed by atoms with Gasteiger partial charge in [0.15, 0.2) is 0 Å². The van der Waals surface area contributed by atoms with Crippen molar-refractivity contribution in [2.45, 2.75) is 6.54 Å². The van der Waals surface area contributed by atoms with E-state index in [1.54, 1.807) is 24.1 Å². The number of benzene rings is 1. The normalized spacial score (nSPS) is 11.1. The molecular formula is C10H12FN3O. The smallest absolute Gasteiger partial charge is 0.146 e. The van der Waals surface area contributed by atoms with E-state index < -0.39 is 5.82 Å². The van der Waals surface area contributed by atoms with Gasteiger partial charge in [-0.3, -0.25) is 4.68 Å². The lowest BCUT2D eigenvalue weighted by atomic mass is 10.2. The molecule has 2 N–H and O–H groups in total. The van der Waals surface area contributed by atoms with Crippen LogP contribution in [0.15, 0.2) is 18.3 Å². The van der Waals surface area contributed by atoms with E-state index in [9.17, 15) is 4.39 Å². The summed E-state index contributed by atoms with van der Waals surface area (Å²) < 4.78 is 19.8. The fraction of sp³-hybridized carbons (Fsp3) is 0.300. The van der Waals surface area contributed by atoms with Crippen molar-refractivity contribution in [2.75, 3.05) is 19.5 Å². The van der Waals surface area contributed by atoms with Crippen LogP contribution in [0.4, 0.5) is 10.1 Å². The molecule has 0 unspecified atom stereocenters. The highest BCUT2D eigenvalue weighted by Crippen LogP contribution is 2.20. The van der Waals surface area contributed by atoms with Crippen LogP contribution in [0.25, 0.3) is 10.9 Å². The molecule has 1 aromatic heterocycles. The van der Waals surface area contributed by atoms with Crippen LogP contribution in [-0.4, -0.2) is 23.5 Å². The highest BCUT2D eigenvalue weighted by molar-refractivity contribution is 5.82. The molecule has 0 bridgehead atoms. The van der Waals surface area contributed by atoms with Gasteiger partial charge in [0.1, 0.15) is 5.82 Å². The van der Waals surface area contributed by atoms with Gasteiger partial charge < -0.3 is 10.5 Å². The van der Waals surface area contributed by atoms with Crippen molar-refractivity contribution in [3.8, 4) is 0 Å². The maximum Gasteiger partial charge on any atom is 0.146 e. The lowest BCUT2D eigenvalue weighted by molar-refractivity contribution is 0.185. The number of fused-ring (bicyclic) bond motifs is 1. The first-order valence-electron chi connectivity index (χ1n) is 4.62. The number of hydrogen-bond donors (Lipinski definition) is 1. The average Bonchev–Trinajstić information content (AvgIpc) is 2.59. The molecule has 0 aliphatic heterocycles. The molecule has 0 atom stereocenters. The molecule has 2 rings (SSSR count). The quantitative estimate of drug-likeness (QED) is 0.777. The van der Waals surface area contributed by atoms with Gasteiger partial charge in [0, 0.05) is 12.5 Å². The van der Waals surface area contributed by atoms with E-state index in [-0.39, 0.29) is 5.69 Å². The molecule has 80 valence electrons. The number of hydrogen-bond acceptors (Lipinski definition) is 3. The van der Waals surface area contributed by atoms with Crippen molar-refractivity contribution >= 4 is 16.6 Å². The number of ether oxygens (including phenoxy) is 1. The SMILES string of the molecule is COCCn1ncc2cc(F)c(N)cc21. The van der Waals surface area contributed by atoms with Crippen LogP contribution in [0.1, 0.15) is 0 Å². The van der Waals surface area contributed by atoms with E-state index in [2.05, 4.69) is 5.10 Å². The molecule has 0 aliphatic carbocycles. The van der Waals surface area contributed by atoms with Crippen LogP contribution in [0.3, 0.4) is 0 Å². The Morgan fingerprint density at radius 1 is 1.53 bits per heavy atom. The monoisotopic (exact) mass is 209 g/mol. The third-order valence-corrected chi connectivity index (χ3v) is 2.27. The zero-order valence-electron chi connectivity index (χ0n) is 8.40. The maximum absolute atomic E-state index is 13.1. The minimum absolute atomic E-state index is 0.140. The molecule has 0 radical (unpaired) electrons. The number of halogens is 1. The minimum atomic E-state index is -0.409. The van der Waals surface area contributed by atoms with Crippen LogP contribution in [-0.2, 0) is 11.3 Å². The number of methoxy groups -OCH3 is 1. The summed E-state index contributed by atoms with van der Waals surface area (Å²) in [5.41, 5.74) is 6.46. The van der Waals surface area contributed by atoms with Crippen molar-refractivity contribution in [3.05, 3.63) is 24.1 Å². The van der Waals surface area contributed by atoms with Crippen molar-refractivity contribution in [1.29, 1.82) is 0 Å². The molecule has 0 spiro atoms. The third-order valence-electron chi connectivity index (χ3n) is 2.27. The number of nitrogen functional groups attached to an aromatic ring is 1. The van der Waals surface area contributed by atoms with Gasteiger partial charge in [-0.15, -0.1) is 0 Å². The Morgan fingerprint density at radius 3 is 3.07 bits per heavy atom. The Hall–Kier alpha value is -1.62. The lowest BCUT2D eigenvalue weighted by Gasteiger charge is -2.03. The van der Waals surface area contributed by atoms with Crippen molar-refractivity contribution in [2.24, 2.45) is 0 Å². The first kappa shape index (κ1) is 9.92. The summed E-state index contributed by atoms with van der Waals surface area (Å²) in [6.45, 7) is 1.19. The first-order chi connectivity index (χ1) is 7.22. The molecule has 1 aromatic carbocycles. The molecule has 0 saturated heterocycles. The van der Waals surface area contributed by atoms with E-state index in [1.807, 2.05) is 0 Å². The fourth-order valence-electron chi connectivity index (χ4n) is 1.47. The summed E-state index contributed by atoms with van der Waals surface area (Å²) >= 11 is 0. The van der Waals surface area contributed by atoms with Gasteiger partial charge in [-0.1, -0.05) is 0 Å². The predicted octanol–water partition coefficient (Wildman–Crippen LogP) is 1.40. The van der Waals surface area contributed by atoms with Gasteiger partial charge in [0.25, 0.3) is 0 Å². The number of nitrogens with zero attached hydrogens (tertiary/aromatic N) is 2. The van der Waals surface area contributed by atoms with Crippen LogP contribution >= 0.6 is 0 Å². The summed E-state index contributed by atoms with van der Waals surface area (Å²) in [4.78, 5) is 0. The molecule has 0 amide bonds. The predicted molar refractivity (Wildman–Crippen MR) is 56.0 cm³/mol. The van der Waals surface area contributed by atoms with E-state index in [4.69, 9.17) is 10.5 Å². The Labute approximate surface area is 86.4 Å². The lowest BCUT2D eigenvalue weighted by Crippen LogP contribution is -2.05. The topological polar surface area (TPSA) is 53.1 Å². The van der Waals surface area contributed by atoms with Gasteiger partial charge >= 0.3 is 0 Å². The van der Waals surface area contributed by atoms with E-state index in [0.717, 1.165) is 10.9 Å². The second kappa shape index (κ2) is 3.86. The summed E-state index contributed by atoms with van der Waals surface area (Å²) in [5, 5.41) is 4.88. The third kappa shape index (κ3) is 1.78. The van der Waals surface area contributed by atoms with E-state index in [1.165, 1.54) is 6.07 Å². The Balaban J connectivity index is 2.45. The summed E-state index contributed by atoms with van der Waals surface area (Å²) in [6, 6.07) is 2.98. The first-order valence-corrected chi connectivity index (χ1v) is 4.62. The van der Waals surface area contributed by atoms with E-state index in [0.29, 0.717) is 13.2 Å². The largest absolute Gasteiger partial charge is 0.396 e. The van der Waals surface area contributed by atoms with E-state index >= 15 is 0 Å². The second-order valence-corrected chi connectivity index (χ2v) is 3.29. The molecule has 4 nitrogen and oxygen atoms in total. The Morgan fingerprint density at radius 2 is 2.33 bits per heavy atom. The number of nitrogens with two attached hydrogens (primary N) is 1. The zero-order valence-corrected chi connectivity index (χ0v) is 8.40. The van der Waals surface area contributed by atoms with Gasteiger partial charge in [-0.25, -0.2) is 4.39 Å². The standard InChI is InChI=1S/C10H12FN3O/c1-15-3-2-14-10-5-9(12)8(11)4-7(10)6-13-14/h4-6H,2-3,12H2,1H3. The maximum atomic E-state index is 13.1. The number of rotatable bonds is 3. The van der Waals surface area contributed by atoms with Gasteiger partial charge in [0.2, 0.25) is 0 Å². The molecule has 2 aromatic rings. The fourth-order valence-corrected chi connectivity index (χ4v) is 1.47. The zero-order chi connectivity index (χ0) is 10.8. The van der Waals surface area contributed by atoms with Crippen LogP contribution < -0.4 is 5.73 Å². The number of anilines is 1. The average molecular weight is 209 g/mol. The van der Waals surface area contributed by atoms with Crippen molar-refractivity contribution in [1.82, 2.24) is 9.78 Å². The second-order valence-electron chi connectivity index (χ2n) is 3.29. The Bertz CT molecular complexity index is 481. The summed E-state index contributed by atoms with van der Waals surface area (Å²) in [5.74, 6) is -0.409. The molecular weight excluding hydrogens is 197 g/mol. The van der Waals surface area contributed by atoms with Crippen LogP contribution in [0.5, 0.6) is 0 Å². The summed E-state index contributed by atoms with van der Waals surface area (Å²) in [6.07, 6.45) is 1.62. The molecule has 0 aliphatic rings. The molecule has 5 heteroatoms. The van der Waals surface area contributed by atoms with Gasteiger partial charge in [0.05, 0.1) is 30.6 Å². The highest BCUT2D eigenvalue weighted by atomic mass is 19.1. The van der Waals surface area contributed by atoms with Gasteiger partial charge in [-0.05, 0) is 12.1 Å². The van der Waals surface area contributed by atoms with Crippen molar-refractivity contribution < 1.29 is 9.13 Å². The molecule has 1 heterocycles. The molecule has 0 fully saturated rings. The molecule has 0 saturated carbocycles. The summed E-state index contributed by atoms with van der Waals surface area (Å²) in [7, 11) is 1.62. The number of aromatic nitrogens is 2.